The van der Waals surface area contributed by atoms with Gasteiger partial charge in [0.2, 0.25) is 11.8 Å². The summed E-state index contributed by atoms with van der Waals surface area (Å²) in [4.78, 5) is 41.0. The van der Waals surface area contributed by atoms with Crippen LogP contribution in [0.2, 0.25) is 0 Å². The van der Waals surface area contributed by atoms with Crippen molar-refractivity contribution in [3.05, 3.63) is 60.7 Å². The van der Waals surface area contributed by atoms with Crippen molar-refractivity contribution in [2.45, 2.75) is 51.7 Å². The molecule has 0 aromatic heterocycles. The molecule has 1 saturated heterocycles. The number of amides is 3. The molecule has 2 aromatic carbocycles. The molecule has 0 saturated carbocycles. The van der Waals surface area contributed by atoms with E-state index in [1.807, 2.05) is 74.5 Å². The molecule has 0 unspecified atom stereocenters. The van der Waals surface area contributed by atoms with E-state index < -0.39 is 18.1 Å². The molecule has 1 aliphatic heterocycles. The third-order valence-electron chi connectivity index (χ3n) is 6.15. The average molecular weight is 466 g/mol. The summed E-state index contributed by atoms with van der Waals surface area (Å²) in [5.74, 6) is -0.838. The zero-order chi connectivity index (χ0) is 24.7. The lowest BCUT2D eigenvalue weighted by atomic mass is 10.0. The monoisotopic (exact) mass is 465 g/mol. The molecule has 0 bridgehead atoms. The van der Waals surface area contributed by atoms with Crippen molar-refractivity contribution in [1.82, 2.24) is 21.0 Å². The zero-order valence-electron chi connectivity index (χ0n) is 20.3. The van der Waals surface area contributed by atoms with E-state index in [9.17, 15) is 14.4 Å². The quantitative estimate of drug-likeness (QED) is 0.495. The van der Waals surface area contributed by atoms with Crippen LogP contribution in [0.3, 0.4) is 0 Å². The Balaban J connectivity index is 1.79. The summed E-state index contributed by atoms with van der Waals surface area (Å²) in [6, 6.07) is 17.4. The fourth-order valence-corrected chi connectivity index (χ4v) is 4.02. The minimum absolute atomic E-state index is 0.116. The number of hydrazine groups is 1. The third kappa shape index (κ3) is 5.94. The van der Waals surface area contributed by atoms with E-state index in [4.69, 9.17) is 0 Å². The molecule has 2 aromatic rings. The Labute approximate surface area is 201 Å². The van der Waals surface area contributed by atoms with Gasteiger partial charge in [-0.1, -0.05) is 50.2 Å². The molecule has 8 heteroatoms. The van der Waals surface area contributed by atoms with Crippen LogP contribution < -0.4 is 21.1 Å². The van der Waals surface area contributed by atoms with Gasteiger partial charge >= 0.3 is 0 Å². The van der Waals surface area contributed by atoms with Gasteiger partial charge in [-0.2, -0.15) is 0 Å². The van der Waals surface area contributed by atoms with Crippen molar-refractivity contribution in [2.24, 2.45) is 5.92 Å². The highest BCUT2D eigenvalue weighted by Crippen LogP contribution is 2.25. The minimum Gasteiger partial charge on any atom is -0.343 e. The van der Waals surface area contributed by atoms with Crippen LogP contribution in [0.25, 0.3) is 0 Å². The molecular weight excluding hydrogens is 430 g/mol. The molecule has 1 aliphatic rings. The van der Waals surface area contributed by atoms with Crippen LogP contribution in [-0.2, 0) is 14.4 Å². The molecule has 3 N–H and O–H groups in total. The molecule has 0 spiro atoms. The number of hydrogen-bond donors (Lipinski definition) is 3. The van der Waals surface area contributed by atoms with Gasteiger partial charge < -0.3 is 15.5 Å². The predicted octanol–water partition coefficient (Wildman–Crippen LogP) is 2.60. The number of para-hydroxylation sites is 2. The first-order valence-electron chi connectivity index (χ1n) is 11.8. The molecule has 182 valence electrons. The normalized spacial score (nSPS) is 17.2. The molecule has 1 heterocycles. The fraction of sp³-hybridized carbons (Fsp3) is 0.423. The number of likely N-dealkylation sites (tertiary alicyclic amines) is 1. The molecule has 3 atom stereocenters. The summed E-state index contributed by atoms with van der Waals surface area (Å²) in [7, 11) is 1.70. The van der Waals surface area contributed by atoms with Gasteiger partial charge in [0.15, 0.2) is 0 Å². The molecule has 3 amide bonds. The van der Waals surface area contributed by atoms with E-state index in [2.05, 4.69) is 16.1 Å². The second kappa shape index (κ2) is 11.7. The topological polar surface area (TPSA) is 93.8 Å². The van der Waals surface area contributed by atoms with Gasteiger partial charge in [0.1, 0.15) is 12.1 Å². The molecule has 8 nitrogen and oxygen atoms in total. The van der Waals surface area contributed by atoms with Crippen LogP contribution in [0.5, 0.6) is 0 Å². The van der Waals surface area contributed by atoms with Crippen LogP contribution in [0.4, 0.5) is 11.4 Å². The summed E-state index contributed by atoms with van der Waals surface area (Å²) >= 11 is 0. The summed E-state index contributed by atoms with van der Waals surface area (Å²) in [5.41, 5.74) is 4.64. The number of likely N-dealkylation sites (N-methyl/N-ethyl adjacent to an activating group) is 1. The van der Waals surface area contributed by atoms with Gasteiger partial charge in [0.05, 0.1) is 17.4 Å². The van der Waals surface area contributed by atoms with Gasteiger partial charge in [0.25, 0.3) is 5.91 Å². The number of carbonyl (C=O) groups is 3. The maximum Gasteiger partial charge on any atom is 0.261 e. The summed E-state index contributed by atoms with van der Waals surface area (Å²) < 4.78 is 0. The van der Waals surface area contributed by atoms with E-state index in [1.54, 1.807) is 23.9 Å². The summed E-state index contributed by atoms with van der Waals surface area (Å²) in [6.45, 7) is 6.01. The first kappa shape index (κ1) is 25.2. The number of nitrogens with one attached hydrogen (secondary N) is 3. The number of anilines is 2. The Morgan fingerprint density at radius 2 is 1.50 bits per heavy atom. The predicted molar refractivity (Wildman–Crippen MR) is 133 cm³/mol. The van der Waals surface area contributed by atoms with E-state index in [-0.39, 0.29) is 23.6 Å². The van der Waals surface area contributed by atoms with Crippen molar-refractivity contribution in [3.8, 4) is 0 Å². The Hall–Kier alpha value is -3.39. The minimum atomic E-state index is -0.698. The first-order valence-corrected chi connectivity index (χ1v) is 11.8. The second-order valence-electron chi connectivity index (χ2n) is 8.91. The third-order valence-corrected chi connectivity index (χ3v) is 6.15. The van der Waals surface area contributed by atoms with Gasteiger partial charge in [0, 0.05) is 6.54 Å². The lowest BCUT2D eigenvalue weighted by molar-refractivity contribution is -0.142. The van der Waals surface area contributed by atoms with Crippen molar-refractivity contribution >= 4 is 29.1 Å². The number of nitrogens with zero attached hydrogens (tertiary/aromatic N) is 2. The number of rotatable bonds is 9. The van der Waals surface area contributed by atoms with Crippen LogP contribution in [-0.4, -0.2) is 54.3 Å². The van der Waals surface area contributed by atoms with Gasteiger partial charge in [-0.25, -0.2) is 0 Å². The lowest BCUT2D eigenvalue weighted by Crippen LogP contribution is -2.58. The van der Waals surface area contributed by atoms with Gasteiger partial charge in [-0.15, -0.1) is 0 Å². The van der Waals surface area contributed by atoms with E-state index in [1.165, 1.54) is 0 Å². The highest BCUT2D eigenvalue weighted by Gasteiger charge is 2.39. The van der Waals surface area contributed by atoms with E-state index >= 15 is 0 Å². The smallest absolute Gasteiger partial charge is 0.261 e. The molecule has 0 aliphatic carbocycles. The van der Waals surface area contributed by atoms with Crippen LogP contribution in [0.15, 0.2) is 60.7 Å². The molecule has 3 rings (SSSR count). The van der Waals surface area contributed by atoms with Gasteiger partial charge in [-0.3, -0.25) is 24.8 Å². The maximum atomic E-state index is 13.5. The number of carbonyl (C=O) groups excluding carboxylic acids is 3. The average Bonchev–Trinajstić information content (AvgIpc) is 3.35. The summed E-state index contributed by atoms with van der Waals surface area (Å²) in [6.07, 6.45) is 1.30. The maximum absolute atomic E-state index is 13.5. The SMILES string of the molecule is CN[C@@H](C)C(=O)N[C@H](C(=O)N1CCC[C@H]1C(=O)NN(c1ccccc1)c1ccccc1)C(C)C. The van der Waals surface area contributed by atoms with Gasteiger partial charge in [-0.05, 0) is 57.0 Å². The van der Waals surface area contributed by atoms with Crippen molar-refractivity contribution < 1.29 is 14.4 Å². The van der Waals surface area contributed by atoms with Crippen LogP contribution in [0.1, 0.15) is 33.6 Å². The molecule has 1 fully saturated rings. The van der Waals surface area contributed by atoms with Crippen LogP contribution >= 0.6 is 0 Å². The molecule has 34 heavy (non-hydrogen) atoms. The number of benzene rings is 2. The second-order valence-corrected chi connectivity index (χ2v) is 8.91. The van der Waals surface area contributed by atoms with Crippen molar-refractivity contribution in [3.63, 3.8) is 0 Å². The van der Waals surface area contributed by atoms with E-state index in [0.29, 0.717) is 13.0 Å². The highest BCUT2D eigenvalue weighted by molar-refractivity contribution is 5.94. The lowest BCUT2D eigenvalue weighted by Gasteiger charge is -2.33. The highest BCUT2D eigenvalue weighted by atomic mass is 16.2. The fourth-order valence-electron chi connectivity index (χ4n) is 4.02. The van der Waals surface area contributed by atoms with Crippen LogP contribution in [0, 0.1) is 5.92 Å². The Kier molecular flexibility index (Phi) is 8.65. The number of hydrogen-bond acceptors (Lipinski definition) is 5. The Morgan fingerprint density at radius 3 is 2.00 bits per heavy atom. The first-order chi connectivity index (χ1) is 16.3. The van der Waals surface area contributed by atoms with Crippen molar-refractivity contribution in [2.75, 3.05) is 18.6 Å². The largest absolute Gasteiger partial charge is 0.343 e. The molecule has 0 radical (unpaired) electrons. The zero-order valence-corrected chi connectivity index (χ0v) is 20.3. The molecular formula is C26H35N5O3. The summed E-state index contributed by atoms with van der Waals surface area (Å²) in [5, 5.41) is 7.49. The Morgan fingerprint density at radius 1 is 0.941 bits per heavy atom. The Bertz CT molecular complexity index is 927. The van der Waals surface area contributed by atoms with Crippen molar-refractivity contribution in [1.29, 1.82) is 0 Å². The standard InChI is InChI=1S/C26H35N5O3/c1-18(2)23(28-24(32)19(3)27-4)26(34)30-17-11-16-22(30)25(33)29-31(20-12-7-5-8-13-20)21-14-9-6-10-15-21/h5-10,12-15,18-19,22-23,27H,11,16-17H2,1-4H3,(H,28,32)(H,29,33)/t19-,22-,23-/m0/s1. The van der Waals surface area contributed by atoms with E-state index in [0.717, 1.165) is 17.8 Å².